The Kier molecular flexibility index (Phi) is 8.63. The maximum atomic E-state index is 13.9. The molecule has 0 spiro atoms. The van der Waals surface area contributed by atoms with Gasteiger partial charge in [0.2, 0.25) is 0 Å². The molecule has 48 heavy (non-hydrogen) atoms. The number of methoxy groups -OCH3 is 1. The standard InChI is InChI=1S/C32H26O2.C10H8N2O2/c33-30-19-23-13-7-8-14-24(23)26-18-17-25-27(16-15-21-9-3-1-4-10-21)32(34)28(20-29(25)31(26)30)22-11-5-2-6-12-22;1-14-10(13)8-5-7-3-2-4-11-9(7)6-12-8/h1-14,17-19,27-28,33H,15-16,20H2;2-6H,1H3. The molecule has 0 bridgehead atoms. The van der Waals surface area contributed by atoms with Crippen molar-refractivity contribution in [1.29, 1.82) is 0 Å². The highest BCUT2D eigenvalue weighted by molar-refractivity contribution is 6.12. The average Bonchev–Trinajstić information content (AvgIpc) is 3.14. The third-order valence-corrected chi connectivity index (χ3v) is 9.27. The van der Waals surface area contributed by atoms with Crippen molar-refractivity contribution in [2.75, 3.05) is 7.11 Å². The van der Waals surface area contributed by atoms with Crippen LogP contribution in [0.5, 0.6) is 5.75 Å². The normalized spacial score (nSPS) is 15.5. The smallest absolute Gasteiger partial charge is 0.356 e. The van der Waals surface area contributed by atoms with Gasteiger partial charge in [0.1, 0.15) is 17.2 Å². The highest BCUT2D eigenvalue weighted by Crippen LogP contribution is 2.45. The van der Waals surface area contributed by atoms with Gasteiger partial charge >= 0.3 is 5.97 Å². The maximum Gasteiger partial charge on any atom is 0.356 e. The number of Topliss-reactive ketones (excluding diaryl/α,β-unsaturated/α-hetero) is 1. The zero-order chi connectivity index (χ0) is 33.0. The van der Waals surface area contributed by atoms with Crippen molar-refractivity contribution in [1.82, 2.24) is 9.97 Å². The summed E-state index contributed by atoms with van der Waals surface area (Å²) >= 11 is 0. The number of carbonyl (C=O) groups excluding carboxylic acids is 2. The minimum atomic E-state index is -0.434. The van der Waals surface area contributed by atoms with Crippen molar-refractivity contribution >= 4 is 44.2 Å². The second kappa shape index (κ2) is 13.5. The molecule has 0 radical (unpaired) electrons. The van der Waals surface area contributed by atoms with E-state index in [0.29, 0.717) is 17.9 Å². The highest BCUT2D eigenvalue weighted by atomic mass is 16.5. The number of hydrogen-bond acceptors (Lipinski definition) is 6. The van der Waals surface area contributed by atoms with Crippen LogP contribution < -0.4 is 0 Å². The lowest BCUT2D eigenvalue weighted by molar-refractivity contribution is -0.122. The number of carbonyl (C=O) groups is 2. The maximum absolute atomic E-state index is 13.9. The van der Waals surface area contributed by atoms with E-state index in [-0.39, 0.29) is 17.6 Å². The SMILES string of the molecule is COC(=O)c1cc2cccnc2cn1.O=C1C(c2ccccc2)Cc2c(ccc3c2c(O)cc2ccccc23)C1CCc1ccccc1. The Morgan fingerprint density at radius 3 is 2.33 bits per heavy atom. The Hall–Kier alpha value is -5.88. The van der Waals surface area contributed by atoms with Crippen molar-refractivity contribution in [3.63, 3.8) is 0 Å². The first kappa shape index (κ1) is 30.8. The molecule has 7 aromatic rings. The molecule has 0 amide bonds. The van der Waals surface area contributed by atoms with Crippen LogP contribution in [0.15, 0.2) is 134 Å². The second-order valence-electron chi connectivity index (χ2n) is 12.1. The Balaban J connectivity index is 0.000000218. The van der Waals surface area contributed by atoms with Crippen LogP contribution in [0.2, 0.25) is 0 Å². The van der Waals surface area contributed by atoms with E-state index in [2.05, 4.69) is 69.3 Å². The van der Waals surface area contributed by atoms with Crippen molar-refractivity contribution in [3.8, 4) is 5.75 Å². The first-order valence-electron chi connectivity index (χ1n) is 16.1. The number of phenols is 1. The Morgan fingerprint density at radius 1 is 0.812 bits per heavy atom. The van der Waals surface area contributed by atoms with Gasteiger partial charge < -0.3 is 9.84 Å². The molecule has 2 aromatic heterocycles. The summed E-state index contributed by atoms with van der Waals surface area (Å²) in [4.78, 5) is 33.1. The second-order valence-corrected chi connectivity index (χ2v) is 12.1. The number of aromatic hydroxyl groups is 1. The van der Waals surface area contributed by atoms with E-state index in [9.17, 15) is 14.7 Å². The number of aromatic nitrogens is 2. The number of rotatable bonds is 5. The number of pyridine rings is 2. The summed E-state index contributed by atoms with van der Waals surface area (Å²) in [5.74, 6) is -0.242. The minimum absolute atomic E-state index is 0.190. The molecule has 2 heterocycles. The third kappa shape index (κ3) is 6.00. The monoisotopic (exact) mass is 630 g/mol. The van der Waals surface area contributed by atoms with Gasteiger partial charge in [-0.2, -0.15) is 0 Å². The fourth-order valence-electron chi connectivity index (χ4n) is 6.93. The molecular formula is C42H34N2O4. The summed E-state index contributed by atoms with van der Waals surface area (Å²) < 4.78 is 4.56. The molecule has 8 rings (SSSR count). The lowest BCUT2D eigenvalue weighted by atomic mass is 9.70. The van der Waals surface area contributed by atoms with Gasteiger partial charge in [-0.05, 0) is 75.9 Å². The molecule has 2 atom stereocenters. The van der Waals surface area contributed by atoms with E-state index in [4.69, 9.17) is 0 Å². The molecular weight excluding hydrogens is 596 g/mol. The van der Waals surface area contributed by atoms with Crippen LogP contribution in [0.1, 0.15) is 51.0 Å². The first-order valence-corrected chi connectivity index (χ1v) is 16.1. The zero-order valence-electron chi connectivity index (χ0n) is 26.5. The lowest BCUT2D eigenvalue weighted by Crippen LogP contribution is -2.29. The Labute approximate surface area is 278 Å². The number of aryl methyl sites for hydroxylation is 1. The van der Waals surface area contributed by atoms with Crippen LogP contribution in [0.3, 0.4) is 0 Å². The summed E-state index contributed by atoms with van der Waals surface area (Å²) in [5, 5.41) is 16.1. The van der Waals surface area contributed by atoms with E-state index >= 15 is 0 Å². The number of phenolic OH excluding ortho intramolecular Hbond substituents is 1. The van der Waals surface area contributed by atoms with Crippen LogP contribution in [-0.2, 0) is 22.4 Å². The third-order valence-electron chi connectivity index (χ3n) is 9.27. The molecule has 236 valence electrons. The molecule has 2 unspecified atom stereocenters. The number of fused-ring (bicyclic) bond motifs is 6. The first-order chi connectivity index (χ1) is 23.5. The molecule has 1 aliphatic carbocycles. The fourth-order valence-corrected chi connectivity index (χ4v) is 6.93. The van der Waals surface area contributed by atoms with Gasteiger partial charge in [-0.25, -0.2) is 9.78 Å². The van der Waals surface area contributed by atoms with E-state index < -0.39 is 5.97 Å². The van der Waals surface area contributed by atoms with Crippen molar-refractivity contribution in [2.45, 2.75) is 31.1 Å². The number of benzene rings is 5. The van der Waals surface area contributed by atoms with Gasteiger partial charge in [0.15, 0.2) is 0 Å². The van der Waals surface area contributed by atoms with Crippen LogP contribution in [0.4, 0.5) is 0 Å². The zero-order valence-corrected chi connectivity index (χ0v) is 26.5. The average molecular weight is 631 g/mol. The molecule has 0 saturated carbocycles. The minimum Gasteiger partial charge on any atom is -0.507 e. The van der Waals surface area contributed by atoms with Crippen molar-refractivity contribution in [2.24, 2.45) is 0 Å². The molecule has 1 N–H and O–H groups in total. The number of esters is 1. The van der Waals surface area contributed by atoms with Crippen molar-refractivity contribution < 1.29 is 19.4 Å². The van der Waals surface area contributed by atoms with Gasteiger partial charge in [0.25, 0.3) is 0 Å². The number of hydrogen-bond donors (Lipinski definition) is 1. The molecule has 0 saturated heterocycles. The van der Waals surface area contributed by atoms with E-state index in [1.807, 2.05) is 60.7 Å². The Morgan fingerprint density at radius 2 is 1.54 bits per heavy atom. The topological polar surface area (TPSA) is 89.4 Å². The summed E-state index contributed by atoms with van der Waals surface area (Å²) in [5.41, 5.74) is 5.56. The number of ketones is 1. The molecule has 0 aliphatic heterocycles. The largest absolute Gasteiger partial charge is 0.507 e. The Bertz CT molecular complexity index is 2270. The molecule has 5 aromatic carbocycles. The van der Waals surface area contributed by atoms with E-state index in [0.717, 1.165) is 62.0 Å². The summed E-state index contributed by atoms with van der Waals surface area (Å²) in [6.45, 7) is 0. The highest BCUT2D eigenvalue weighted by Gasteiger charge is 2.37. The van der Waals surface area contributed by atoms with Crippen LogP contribution in [-0.4, -0.2) is 33.9 Å². The van der Waals surface area contributed by atoms with Crippen LogP contribution in [0, 0.1) is 0 Å². The summed E-state index contributed by atoms with van der Waals surface area (Å²) in [6.07, 6.45) is 5.46. The fraction of sp³-hybridized carbons (Fsp3) is 0.143. The molecule has 1 aliphatic rings. The van der Waals surface area contributed by atoms with Crippen LogP contribution in [0.25, 0.3) is 32.4 Å². The van der Waals surface area contributed by atoms with Gasteiger partial charge in [0.05, 0.1) is 18.8 Å². The predicted molar refractivity (Wildman–Crippen MR) is 189 cm³/mol. The molecule has 6 nitrogen and oxygen atoms in total. The molecule has 0 fully saturated rings. The number of ether oxygens (including phenoxy) is 1. The summed E-state index contributed by atoms with van der Waals surface area (Å²) in [7, 11) is 1.33. The number of nitrogens with zero attached hydrogens (tertiary/aromatic N) is 2. The molecule has 6 heteroatoms. The lowest BCUT2D eigenvalue weighted by Gasteiger charge is -2.32. The van der Waals surface area contributed by atoms with Gasteiger partial charge in [-0.1, -0.05) is 103 Å². The van der Waals surface area contributed by atoms with Crippen LogP contribution >= 0.6 is 0 Å². The quantitative estimate of drug-likeness (QED) is 0.151. The van der Waals surface area contributed by atoms with Gasteiger partial charge in [-0.3, -0.25) is 9.78 Å². The van der Waals surface area contributed by atoms with Crippen molar-refractivity contribution in [3.05, 3.63) is 162 Å². The predicted octanol–water partition coefficient (Wildman–Crippen LogP) is 8.74. The van der Waals surface area contributed by atoms with E-state index in [1.54, 1.807) is 18.5 Å². The van der Waals surface area contributed by atoms with Gasteiger partial charge in [0, 0.05) is 28.8 Å². The van der Waals surface area contributed by atoms with Gasteiger partial charge in [-0.15, -0.1) is 0 Å². The van der Waals surface area contributed by atoms with E-state index in [1.165, 1.54) is 12.7 Å². The summed E-state index contributed by atoms with van der Waals surface area (Å²) in [6, 6.07) is 40.1.